The van der Waals surface area contributed by atoms with Crippen LogP contribution in [0.3, 0.4) is 0 Å². The normalized spacial score (nSPS) is 21.0. The number of hydrogen-bond acceptors (Lipinski definition) is 1. The summed E-state index contributed by atoms with van der Waals surface area (Å²) in [6.07, 6.45) is 1.83. The summed E-state index contributed by atoms with van der Waals surface area (Å²) in [6, 6.07) is 11.4. The molecule has 3 rings (SSSR count). The summed E-state index contributed by atoms with van der Waals surface area (Å²) in [4.78, 5) is 0. The number of aryl methyl sites for hydroxylation is 2. The Kier molecular flexibility index (Phi) is 3.66. The number of hydrogen-bond donors (Lipinski definition) is 1. The van der Waals surface area contributed by atoms with Crippen LogP contribution in [-0.2, 0) is 0 Å². The van der Waals surface area contributed by atoms with E-state index in [0.29, 0.717) is 11.5 Å². The molecule has 2 aromatic rings. The molecule has 2 aromatic carbocycles. The quantitative estimate of drug-likeness (QED) is 0.843. The Hall–Kier alpha value is -1.90. The van der Waals surface area contributed by atoms with E-state index in [0.717, 1.165) is 12.8 Å². The minimum absolute atomic E-state index is 0.0164. The van der Waals surface area contributed by atoms with E-state index in [2.05, 4.69) is 36.5 Å². The number of nitrogens with one attached hydrogen (secondary N) is 1. The fourth-order valence-corrected chi connectivity index (χ4v) is 2.93. The largest absolute Gasteiger partial charge is 0.378 e. The molecule has 0 saturated heterocycles. The third kappa shape index (κ3) is 2.78. The second-order valence-electron chi connectivity index (χ2n) is 5.98. The summed E-state index contributed by atoms with van der Waals surface area (Å²) in [5.41, 5.74) is 3.05. The summed E-state index contributed by atoms with van der Waals surface area (Å²) in [7, 11) is 0. The lowest BCUT2D eigenvalue weighted by atomic mass is 9.75. The zero-order valence-electron chi connectivity index (χ0n) is 12.3. The first kappa shape index (κ1) is 14.1. The van der Waals surface area contributed by atoms with Crippen molar-refractivity contribution in [2.24, 2.45) is 0 Å². The Bertz CT molecular complexity index is 660. The fraction of sp³-hybridized carbons (Fsp3) is 0.333. The summed E-state index contributed by atoms with van der Waals surface area (Å²) in [6.45, 7) is 3.73. The van der Waals surface area contributed by atoms with Gasteiger partial charge in [-0.15, -0.1) is 0 Å². The van der Waals surface area contributed by atoms with E-state index >= 15 is 0 Å². The van der Waals surface area contributed by atoms with Gasteiger partial charge in [-0.25, -0.2) is 8.78 Å². The molecule has 1 aliphatic rings. The summed E-state index contributed by atoms with van der Waals surface area (Å²) >= 11 is 0. The van der Waals surface area contributed by atoms with Crippen LogP contribution in [0.1, 0.15) is 35.4 Å². The van der Waals surface area contributed by atoms with Crippen molar-refractivity contribution in [2.45, 2.75) is 38.6 Å². The van der Waals surface area contributed by atoms with Crippen molar-refractivity contribution in [3.8, 4) is 0 Å². The van der Waals surface area contributed by atoms with Gasteiger partial charge in [-0.1, -0.05) is 35.9 Å². The van der Waals surface area contributed by atoms with Crippen molar-refractivity contribution in [2.75, 3.05) is 5.32 Å². The molecule has 0 aromatic heterocycles. The van der Waals surface area contributed by atoms with Crippen molar-refractivity contribution in [1.29, 1.82) is 0 Å². The fourth-order valence-electron chi connectivity index (χ4n) is 2.93. The second kappa shape index (κ2) is 5.47. The number of halogens is 2. The van der Waals surface area contributed by atoms with Crippen LogP contribution in [0.25, 0.3) is 0 Å². The molecule has 0 unspecified atom stereocenters. The van der Waals surface area contributed by atoms with E-state index in [9.17, 15) is 8.78 Å². The lowest BCUT2D eigenvalue weighted by Crippen LogP contribution is -2.34. The van der Waals surface area contributed by atoms with Gasteiger partial charge in [0.1, 0.15) is 11.5 Å². The molecule has 21 heavy (non-hydrogen) atoms. The molecule has 1 aliphatic carbocycles. The van der Waals surface area contributed by atoms with Crippen LogP contribution in [0.4, 0.5) is 14.5 Å². The van der Waals surface area contributed by atoms with Crippen molar-refractivity contribution in [1.82, 2.24) is 0 Å². The second-order valence-corrected chi connectivity index (χ2v) is 5.98. The Morgan fingerprint density at radius 2 is 1.81 bits per heavy atom. The van der Waals surface area contributed by atoms with Crippen LogP contribution in [0.5, 0.6) is 0 Å². The van der Waals surface area contributed by atoms with Gasteiger partial charge in [0.2, 0.25) is 0 Å². The average Bonchev–Trinajstić information content (AvgIpc) is 2.41. The first-order valence-electron chi connectivity index (χ1n) is 7.32. The van der Waals surface area contributed by atoms with Gasteiger partial charge in [0.05, 0.1) is 0 Å². The van der Waals surface area contributed by atoms with Crippen LogP contribution in [0, 0.1) is 25.5 Å². The van der Waals surface area contributed by atoms with Crippen LogP contribution < -0.4 is 5.32 Å². The summed E-state index contributed by atoms with van der Waals surface area (Å²) in [5.74, 6) is -0.510. The minimum atomic E-state index is -0.517. The lowest BCUT2D eigenvalue weighted by molar-refractivity contribution is 0.371. The SMILES string of the molecule is Cc1cccc(C2CC(Nc3c(F)ccc(C)c3F)C2)c1. The molecular weight excluding hydrogens is 268 g/mol. The highest BCUT2D eigenvalue weighted by molar-refractivity contribution is 5.50. The monoisotopic (exact) mass is 287 g/mol. The Balaban J connectivity index is 1.67. The highest BCUT2D eigenvalue weighted by Crippen LogP contribution is 2.39. The van der Waals surface area contributed by atoms with Crippen molar-refractivity contribution in [3.05, 3.63) is 64.7 Å². The van der Waals surface area contributed by atoms with Crippen LogP contribution >= 0.6 is 0 Å². The molecule has 0 atom stereocenters. The van der Waals surface area contributed by atoms with Crippen LogP contribution in [-0.4, -0.2) is 6.04 Å². The zero-order chi connectivity index (χ0) is 15.0. The number of rotatable bonds is 3. The molecule has 0 heterocycles. The number of benzene rings is 2. The maximum Gasteiger partial charge on any atom is 0.152 e. The Labute approximate surface area is 124 Å². The van der Waals surface area contributed by atoms with Crippen molar-refractivity contribution < 1.29 is 8.78 Å². The Morgan fingerprint density at radius 1 is 1.05 bits per heavy atom. The highest BCUT2D eigenvalue weighted by Gasteiger charge is 2.31. The average molecular weight is 287 g/mol. The van der Waals surface area contributed by atoms with E-state index in [1.165, 1.54) is 23.3 Å². The molecule has 0 radical (unpaired) electrons. The van der Waals surface area contributed by atoms with Gasteiger partial charge < -0.3 is 5.32 Å². The highest BCUT2D eigenvalue weighted by atomic mass is 19.1. The van der Waals surface area contributed by atoms with Gasteiger partial charge in [-0.3, -0.25) is 0 Å². The molecule has 1 fully saturated rings. The Morgan fingerprint density at radius 3 is 2.52 bits per heavy atom. The maximum absolute atomic E-state index is 14.0. The van der Waals surface area contributed by atoms with Gasteiger partial charge in [0.15, 0.2) is 5.82 Å². The molecule has 0 spiro atoms. The standard InChI is InChI=1S/C18H19F2N/c1-11-4-3-5-13(8-11)14-9-15(10-14)21-18-16(19)7-6-12(2)17(18)20/h3-8,14-15,21H,9-10H2,1-2H3. The van der Waals surface area contributed by atoms with Crippen LogP contribution in [0.2, 0.25) is 0 Å². The summed E-state index contributed by atoms with van der Waals surface area (Å²) < 4.78 is 27.7. The molecule has 0 amide bonds. The molecule has 110 valence electrons. The summed E-state index contributed by atoms with van der Waals surface area (Å²) in [5, 5.41) is 3.02. The topological polar surface area (TPSA) is 12.0 Å². The van der Waals surface area contributed by atoms with Gasteiger partial charge >= 0.3 is 0 Å². The van der Waals surface area contributed by atoms with Crippen molar-refractivity contribution in [3.63, 3.8) is 0 Å². The first-order chi connectivity index (χ1) is 10.0. The predicted molar refractivity (Wildman–Crippen MR) is 81.7 cm³/mol. The molecule has 0 bridgehead atoms. The van der Waals surface area contributed by atoms with Crippen LogP contribution in [0.15, 0.2) is 36.4 Å². The zero-order valence-corrected chi connectivity index (χ0v) is 12.3. The third-order valence-corrected chi connectivity index (χ3v) is 4.28. The smallest absolute Gasteiger partial charge is 0.152 e. The van der Waals surface area contributed by atoms with Gasteiger partial charge in [0.25, 0.3) is 0 Å². The number of anilines is 1. The van der Waals surface area contributed by atoms with E-state index in [-0.39, 0.29) is 11.7 Å². The lowest BCUT2D eigenvalue weighted by Gasteiger charge is -2.37. The molecule has 1 nitrogen and oxygen atoms in total. The molecule has 1 saturated carbocycles. The van der Waals surface area contributed by atoms with E-state index in [1.807, 2.05) is 0 Å². The first-order valence-corrected chi connectivity index (χ1v) is 7.32. The molecule has 3 heteroatoms. The maximum atomic E-state index is 14.0. The molecular formula is C18H19F2N. The van der Waals surface area contributed by atoms with Gasteiger partial charge in [0, 0.05) is 6.04 Å². The molecule has 1 N–H and O–H groups in total. The molecule has 0 aliphatic heterocycles. The van der Waals surface area contributed by atoms with Gasteiger partial charge in [-0.2, -0.15) is 0 Å². The predicted octanol–water partition coefficient (Wildman–Crippen LogP) is 4.94. The van der Waals surface area contributed by atoms with E-state index in [1.54, 1.807) is 6.92 Å². The van der Waals surface area contributed by atoms with Gasteiger partial charge in [-0.05, 0) is 49.8 Å². The van der Waals surface area contributed by atoms with Crippen molar-refractivity contribution >= 4 is 5.69 Å². The third-order valence-electron chi connectivity index (χ3n) is 4.28. The van der Waals surface area contributed by atoms with E-state index in [4.69, 9.17) is 0 Å². The van der Waals surface area contributed by atoms with E-state index < -0.39 is 11.6 Å². The minimum Gasteiger partial charge on any atom is -0.378 e.